The van der Waals surface area contributed by atoms with Crippen molar-refractivity contribution in [1.29, 1.82) is 0 Å². The number of carbonyl (C=O) groups excluding carboxylic acids is 1. The monoisotopic (exact) mass is 283 g/mol. The minimum atomic E-state index is -2.55. The lowest BCUT2D eigenvalue weighted by atomic mass is 9.86. The van der Waals surface area contributed by atoms with Gasteiger partial charge in [0.05, 0.1) is 0 Å². The molecule has 0 aromatic heterocycles. The maximum absolute atomic E-state index is 12.8. The molecular formula is C10H16BrF2NO. The highest BCUT2D eigenvalue weighted by atomic mass is 79.9. The van der Waals surface area contributed by atoms with E-state index in [2.05, 4.69) is 21.2 Å². The van der Waals surface area contributed by atoms with Gasteiger partial charge in [-0.25, -0.2) is 8.78 Å². The molecule has 0 unspecified atom stereocenters. The third kappa shape index (κ3) is 4.45. The van der Waals surface area contributed by atoms with Gasteiger partial charge in [-0.3, -0.25) is 4.79 Å². The van der Waals surface area contributed by atoms with Crippen LogP contribution >= 0.6 is 15.9 Å². The number of rotatable bonds is 4. The van der Waals surface area contributed by atoms with Gasteiger partial charge in [-0.05, 0) is 19.3 Å². The van der Waals surface area contributed by atoms with Gasteiger partial charge in [-0.1, -0.05) is 15.9 Å². The molecule has 1 rings (SSSR count). The van der Waals surface area contributed by atoms with Crippen LogP contribution in [0.2, 0.25) is 0 Å². The van der Waals surface area contributed by atoms with E-state index in [1.54, 1.807) is 0 Å². The van der Waals surface area contributed by atoms with E-state index in [0.29, 0.717) is 19.4 Å². The molecule has 2 nitrogen and oxygen atoms in total. The standard InChI is InChI=1S/C10H16BrF2NO/c11-6-1-7-14-9(15)8-2-4-10(12,13)5-3-8/h8H,1-7H2,(H,14,15). The lowest BCUT2D eigenvalue weighted by Gasteiger charge is -2.27. The van der Waals surface area contributed by atoms with Crippen molar-refractivity contribution in [1.82, 2.24) is 5.32 Å². The summed E-state index contributed by atoms with van der Waals surface area (Å²) in [6.07, 6.45) is 1.20. The summed E-state index contributed by atoms with van der Waals surface area (Å²) in [4.78, 5) is 11.5. The first-order valence-electron chi connectivity index (χ1n) is 5.27. The Labute approximate surface area is 96.9 Å². The summed E-state index contributed by atoms with van der Waals surface area (Å²) in [6.45, 7) is 0.622. The summed E-state index contributed by atoms with van der Waals surface area (Å²) in [7, 11) is 0. The summed E-state index contributed by atoms with van der Waals surface area (Å²) in [6, 6.07) is 0. The first kappa shape index (κ1) is 12.9. The molecule has 1 aliphatic rings. The van der Waals surface area contributed by atoms with E-state index >= 15 is 0 Å². The molecule has 1 fully saturated rings. The number of halogens is 3. The Morgan fingerprint density at radius 3 is 2.53 bits per heavy atom. The zero-order valence-electron chi connectivity index (χ0n) is 8.57. The molecule has 0 aromatic rings. The van der Waals surface area contributed by atoms with Crippen molar-refractivity contribution in [3.8, 4) is 0 Å². The minimum Gasteiger partial charge on any atom is -0.356 e. The van der Waals surface area contributed by atoms with E-state index in [1.165, 1.54) is 0 Å². The summed E-state index contributed by atoms with van der Waals surface area (Å²) in [5.41, 5.74) is 0. The molecule has 0 saturated heterocycles. The van der Waals surface area contributed by atoms with Crippen LogP contribution in [0.1, 0.15) is 32.1 Å². The number of hydrogen-bond acceptors (Lipinski definition) is 1. The highest BCUT2D eigenvalue weighted by molar-refractivity contribution is 9.09. The molecule has 0 bridgehead atoms. The van der Waals surface area contributed by atoms with E-state index < -0.39 is 5.92 Å². The van der Waals surface area contributed by atoms with Crippen molar-refractivity contribution in [2.75, 3.05) is 11.9 Å². The minimum absolute atomic E-state index is 0.0635. The van der Waals surface area contributed by atoms with Gasteiger partial charge in [-0.2, -0.15) is 0 Å². The number of carbonyl (C=O) groups is 1. The first-order valence-corrected chi connectivity index (χ1v) is 6.39. The lowest BCUT2D eigenvalue weighted by Crippen LogP contribution is -2.36. The Balaban J connectivity index is 2.24. The summed E-state index contributed by atoms with van der Waals surface area (Å²) in [5, 5.41) is 3.61. The van der Waals surface area contributed by atoms with Crippen LogP contribution in [0.5, 0.6) is 0 Å². The third-order valence-corrected chi connectivity index (χ3v) is 3.26. The normalized spacial score (nSPS) is 21.3. The predicted molar refractivity (Wildman–Crippen MR) is 58.3 cm³/mol. The van der Waals surface area contributed by atoms with E-state index in [-0.39, 0.29) is 24.7 Å². The van der Waals surface area contributed by atoms with Crippen molar-refractivity contribution < 1.29 is 13.6 Å². The second-order valence-corrected chi connectivity index (χ2v) is 4.76. The molecule has 0 heterocycles. The van der Waals surface area contributed by atoms with Gasteiger partial charge >= 0.3 is 0 Å². The third-order valence-electron chi connectivity index (χ3n) is 2.70. The predicted octanol–water partition coefficient (Wildman–Crippen LogP) is 2.71. The zero-order chi connectivity index (χ0) is 11.3. The van der Waals surface area contributed by atoms with Gasteiger partial charge in [0.2, 0.25) is 11.8 Å². The Morgan fingerprint density at radius 1 is 1.40 bits per heavy atom. The summed E-state index contributed by atoms with van der Waals surface area (Å²) in [5.74, 6) is -2.82. The molecule has 15 heavy (non-hydrogen) atoms. The Bertz CT molecular complexity index is 213. The van der Waals surface area contributed by atoms with Gasteiger partial charge < -0.3 is 5.32 Å². The smallest absolute Gasteiger partial charge is 0.248 e. The van der Waals surface area contributed by atoms with Gasteiger partial charge in [0.1, 0.15) is 0 Å². The molecule has 0 aliphatic heterocycles. The molecule has 0 aromatic carbocycles. The number of alkyl halides is 3. The SMILES string of the molecule is O=C(NCCCBr)C1CCC(F)(F)CC1. The van der Waals surface area contributed by atoms with Crippen LogP contribution in [0.3, 0.4) is 0 Å². The van der Waals surface area contributed by atoms with Crippen molar-refractivity contribution in [2.24, 2.45) is 5.92 Å². The van der Waals surface area contributed by atoms with Gasteiger partial charge in [0.15, 0.2) is 0 Å². The quantitative estimate of drug-likeness (QED) is 0.624. The number of hydrogen-bond donors (Lipinski definition) is 1. The Hall–Kier alpha value is -0.190. The van der Waals surface area contributed by atoms with Crippen LogP contribution in [0.25, 0.3) is 0 Å². The summed E-state index contributed by atoms with van der Waals surface area (Å²) < 4.78 is 25.6. The Kier molecular flexibility index (Phi) is 4.96. The number of amides is 1. The molecule has 88 valence electrons. The molecule has 1 amide bonds. The average Bonchev–Trinajstić information content (AvgIpc) is 2.18. The largest absolute Gasteiger partial charge is 0.356 e. The fourth-order valence-electron chi connectivity index (χ4n) is 1.73. The fraction of sp³-hybridized carbons (Fsp3) is 0.900. The van der Waals surface area contributed by atoms with E-state index in [4.69, 9.17) is 0 Å². The molecule has 1 N–H and O–H groups in total. The van der Waals surface area contributed by atoms with Crippen LogP contribution in [-0.4, -0.2) is 23.7 Å². The Morgan fingerprint density at radius 2 is 2.00 bits per heavy atom. The van der Waals surface area contributed by atoms with Gasteiger partial charge in [0, 0.05) is 30.6 Å². The lowest BCUT2D eigenvalue weighted by molar-refractivity contribution is -0.129. The van der Waals surface area contributed by atoms with E-state index in [0.717, 1.165) is 11.8 Å². The van der Waals surface area contributed by atoms with Crippen LogP contribution in [0.4, 0.5) is 8.78 Å². The van der Waals surface area contributed by atoms with Crippen molar-refractivity contribution >= 4 is 21.8 Å². The second kappa shape index (κ2) is 5.77. The molecule has 5 heteroatoms. The molecule has 0 atom stereocenters. The maximum Gasteiger partial charge on any atom is 0.248 e. The molecule has 0 radical (unpaired) electrons. The maximum atomic E-state index is 12.8. The average molecular weight is 284 g/mol. The summed E-state index contributed by atoms with van der Waals surface area (Å²) >= 11 is 3.26. The molecule has 1 aliphatic carbocycles. The highest BCUT2D eigenvalue weighted by Gasteiger charge is 2.37. The topological polar surface area (TPSA) is 29.1 Å². The van der Waals surface area contributed by atoms with Crippen molar-refractivity contribution in [3.05, 3.63) is 0 Å². The highest BCUT2D eigenvalue weighted by Crippen LogP contribution is 2.36. The van der Waals surface area contributed by atoms with Crippen LogP contribution in [-0.2, 0) is 4.79 Å². The van der Waals surface area contributed by atoms with Crippen molar-refractivity contribution in [3.63, 3.8) is 0 Å². The zero-order valence-corrected chi connectivity index (χ0v) is 10.2. The van der Waals surface area contributed by atoms with Gasteiger partial charge in [0.25, 0.3) is 0 Å². The first-order chi connectivity index (χ1) is 7.05. The fourth-order valence-corrected chi connectivity index (χ4v) is 2.01. The van der Waals surface area contributed by atoms with Crippen LogP contribution < -0.4 is 5.32 Å². The van der Waals surface area contributed by atoms with Crippen LogP contribution in [0.15, 0.2) is 0 Å². The molecule has 1 saturated carbocycles. The molecule has 0 spiro atoms. The molecular weight excluding hydrogens is 268 g/mol. The van der Waals surface area contributed by atoms with E-state index in [1.807, 2.05) is 0 Å². The van der Waals surface area contributed by atoms with Crippen molar-refractivity contribution in [2.45, 2.75) is 38.0 Å². The number of nitrogens with one attached hydrogen (secondary N) is 1. The van der Waals surface area contributed by atoms with E-state index in [9.17, 15) is 13.6 Å². The van der Waals surface area contributed by atoms with Crippen LogP contribution in [0, 0.1) is 5.92 Å². The second-order valence-electron chi connectivity index (χ2n) is 3.96. The van der Waals surface area contributed by atoms with Gasteiger partial charge in [-0.15, -0.1) is 0 Å².